The fourth-order valence-corrected chi connectivity index (χ4v) is 2.38. The topological polar surface area (TPSA) is 56.5 Å². The summed E-state index contributed by atoms with van der Waals surface area (Å²) in [5, 5.41) is 4.09. The molecule has 2 heterocycles. The van der Waals surface area contributed by atoms with Crippen molar-refractivity contribution in [1.29, 1.82) is 0 Å². The molecule has 0 unspecified atom stereocenters. The van der Waals surface area contributed by atoms with Crippen LogP contribution in [0.2, 0.25) is 0 Å². The number of thiazole rings is 1. The summed E-state index contributed by atoms with van der Waals surface area (Å²) in [6.45, 7) is 7.46. The lowest BCUT2D eigenvalue weighted by molar-refractivity contribution is -0.148. The molecule has 0 saturated carbocycles. The Morgan fingerprint density at radius 2 is 2.22 bits per heavy atom. The van der Waals surface area contributed by atoms with Gasteiger partial charge in [0.1, 0.15) is 11.9 Å². The van der Waals surface area contributed by atoms with Gasteiger partial charge in [-0.1, -0.05) is 11.3 Å². The van der Waals surface area contributed by atoms with Gasteiger partial charge >= 0.3 is 5.97 Å². The molecule has 0 radical (unpaired) electrons. The minimum absolute atomic E-state index is 0.346. The Morgan fingerprint density at radius 1 is 1.50 bits per heavy atom. The van der Waals surface area contributed by atoms with Crippen molar-refractivity contribution in [2.24, 2.45) is 0 Å². The van der Waals surface area contributed by atoms with Crippen molar-refractivity contribution in [2.75, 3.05) is 0 Å². The van der Waals surface area contributed by atoms with E-state index >= 15 is 0 Å². The third kappa shape index (κ3) is 2.76. The molecule has 0 atom stereocenters. The normalized spacial score (nSPS) is 12.4. The first kappa shape index (κ1) is 12.8. The number of aryl methyl sites for hydroxylation is 1. The molecule has 2 aromatic heterocycles. The molecule has 0 aliphatic carbocycles. The van der Waals surface area contributed by atoms with E-state index in [-0.39, 0.29) is 5.97 Å². The third-order valence-electron chi connectivity index (χ3n) is 2.17. The minimum Gasteiger partial charge on any atom is -0.457 e. The molecule has 2 rings (SSSR count). The fraction of sp³-hybridized carbons (Fsp3) is 0.417. The molecule has 0 fully saturated rings. The van der Waals surface area contributed by atoms with Crippen LogP contribution in [0.15, 0.2) is 12.4 Å². The molecule has 18 heavy (non-hydrogen) atoms. The molecule has 5 nitrogen and oxygen atoms in total. The number of aromatic nitrogens is 3. The number of ether oxygens (including phenoxy) is 1. The number of rotatable bonds is 2. The highest BCUT2D eigenvalue weighted by Gasteiger charge is 2.14. The van der Waals surface area contributed by atoms with Crippen molar-refractivity contribution in [3.8, 4) is 0 Å². The van der Waals surface area contributed by atoms with Crippen LogP contribution in [0.4, 0.5) is 0 Å². The van der Waals surface area contributed by atoms with Crippen molar-refractivity contribution >= 4 is 28.3 Å². The third-order valence-corrected chi connectivity index (χ3v) is 3.28. The summed E-state index contributed by atoms with van der Waals surface area (Å²) in [7, 11) is 0. The maximum atomic E-state index is 11.6. The van der Waals surface area contributed by atoms with E-state index in [1.807, 2.05) is 27.7 Å². The zero-order valence-corrected chi connectivity index (χ0v) is 11.6. The van der Waals surface area contributed by atoms with Gasteiger partial charge in [0.25, 0.3) is 0 Å². The predicted molar refractivity (Wildman–Crippen MR) is 70.5 cm³/mol. The summed E-state index contributed by atoms with van der Waals surface area (Å²) in [5.41, 5.74) is 0.495. The minimum atomic E-state index is -0.470. The number of hydrogen-bond acceptors (Lipinski definition) is 5. The van der Waals surface area contributed by atoms with Crippen LogP contribution in [-0.2, 0) is 9.53 Å². The quantitative estimate of drug-likeness (QED) is 0.618. The highest BCUT2D eigenvalue weighted by molar-refractivity contribution is 7.18. The number of hydrogen-bond donors (Lipinski definition) is 0. The van der Waals surface area contributed by atoms with Crippen LogP contribution in [-0.4, -0.2) is 26.2 Å². The smallest absolute Gasteiger partial charge is 0.331 e. The van der Waals surface area contributed by atoms with Gasteiger partial charge in [0.2, 0.25) is 4.96 Å². The van der Waals surface area contributed by atoms with Gasteiger partial charge in [-0.3, -0.25) is 0 Å². The highest BCUT2D eigenvalue weighted by atomic mass is 32.1. The molecule has 0 amide bonds. The van der Waals surface area contributed by atoms with Gasteiger partial charge in [0.05, 0.1) is 10.6 Å². The molecule has 0 bridgehead atoms. The molecule has 0 aliphatic heterocycles. The van der Waals surface area contributed by atoms with Gasteiger partial charge in [-0.2, -0.15) is 5.10 Å². The summed E-state index contributed by atoms with van der Waals surface area (Å²) in [5.74, 6) is -0.346. The largest absolute Gasteiger partial charge is 0.457 e. The van der Waals surface area contributed by atoms with E-state index in [0.29, 0.717) is 0 Å². The van der Waals surface area contributed by atoms with E-state index in [0.717, 1.165) is 15.5 Å². The summed E-state index contributed by atoms with van der Waals surface area (Å²) in [4.78, 5) is 17.4. The number of carbonyl (C=O) groups is 1. The molecule has 2 aromatic rings. The molecule has 0 aromatic carbocycles. The lowest BCUT2D eigenvalue weighted by Crippen LogP contribution is -2.22. The van der Waals surface area contributed by atoms with Gasteiger partial charge in [-0.15, -0.1) is 0 Å². The fourth-order valence-electron chi connectivity index (χ4n) is 1.44. The molecule has 0 saturated heterocycles. The first-order chi connectivity index (χ1) is 8.37. The van der Waals surface area contributed by atoms with Crippen molar-refractivity contribution in [1.82, 2.24) is 14.6 Å². The molecule has 0 spiro atoms. The van der Waals surface area contributed by atoms with Crippen LogP contribution in [0.1, 0.15) is 31.3 Å². The van der Waals surface area contributed by atoms with Crippen LogP contribution in [0, 0.1) is 6.92 Å². The second-order valence-electron chi connectivity index (χ2n) is 4.87. The second kappa shape index (κ2) is 4.53. The first-order valence-corrected chi connectivity index (χ1v) is 6.39. The van der Waals surface area contributed by atoms with E-state index in [9.17, 15) is 4.79 Å². The van der Waals surface area contributed by atoms with Crippen LogP contribution in [0.25, 0.3) is 11.0 Å². The SMILES string of the molecule is Cc1c(/C=C/C(=O)OC(C)(C)C)sc2ncnn12. The summed E-state index contributed by atoms with van der Waals surface area (Å²) in [6.07, 6.45) is 4.69. The number of nitrogens with zero attached hydrogens (tertiary/aromatic N) is 3. The van der Waals surface area contributed by atoms with Crippen LogP contribution in [0.3, 0.4) is 0 Å². The van der Waals surface area contributed by atoms with E-state index in [2.05, 4.69) is 10.1 Å². The van der Waals surface area contributed by atoms with Gasteiger partial charge < -0.3 is 4.74 Å². The number of fused-ring (bicyclic) bond motifs is 1. The van der Waals surface area contributed by atoms with Crippen LogP contribution >= 0.6 is 11.3 Å². The Kier molecular flexibility index (Phi) is 3.21. The van der Waals surface area contributed by atoms with Crippen molar-refractivity contribution in [3.05, 3.63) is 23.0 Å². The summed E-state index contributed by atoms with van der Waals surface area (Å²) < 4.78 is 6.95. The van der Waals surface area contributed by atoms with Crippen molar-refractivity contribution in [2.45, 2.75) is 33.3 Å². The van der Waals surface area contributed by atoms with E-state index in [1.54, 1.807) is 10.6 Å². The predicted octanol–water partition coefficient (Wildman–Crippen LogP) is 2.45. The van der Waals surface area contributed by atoms with Crippen molar-refractivity contribution in [3.63, 3.8) is 0 Å². The molecule has 6 heteroatoms. The highest BCUT2D eigenvalue weighted by Crippen LogP contribution is 2.21. The van der Waals surface area contributed by atoms with Crippen LogP contribution in [0.5, 0.6) is 0 Å². The molecule has 0 aliphatic rings. The molecule has 96 valence electrons. The van der Waals surface area contributed by atoms with Crippen LogP contribution < -0.4 is 0 Å². The molecular weight excluding hydrogens is 250 g/mol. The lowest BCUT2D eigenvalue weighted by Gasteiger charge is -2.17. The lowest BCUT2D eigenvalue weighted by atomic mass is 10.2. The number of carbonyl (C=O) groups excluding carboxylic acids is 1. The van der Waals surface area contributed by atoms with E-state index in [1.165, 1.54) is 23.7 Å². The van der Waals surface area contributed by atoms with Gasteiger partial charge in [-0.25, -0.2) is 14.3 Å². The Morgan fingerprint density at radius 3 is 2.83 bits per heavy atom. The Balaban J connectivity index is 2.16. The van der Waals surface area contributed by atoms with Gasteiger partial charge in [-0.05, 0) is 33.8 Å². The number of esters is 1. The molecule has 0 N–H and O–H groups in total. The average Bonchev–Trinajstić information content (AvgIpc) is 2.77. The summed E-state index contributed by atoms with van der Waals surface area (Å²) >= 11 is 1.49. The maximum Gasteiger partial charge on any atom is 0.331 e. The van der Waals surface area contributed by atoms with Gasteiger partial charge in [0.15, 0.2) is 0 Å². The first-order valence-electron chi connectivity index (χ1n) is 5.57. The zero-order chi connectivity index (χ0) is 13.3. The average molecular weight is 265 g/mol. The maximum absolute atomic E-state index is 11.6. The molecular formula is C12H15N3O2S. The van der Waals surface area contributed by atoms with Gasteiger partial charge in [0, 0.05) is 6.08 Å². The Hall–Kier alpha value is -1.69. The summed E-state index contributed by atoms with van der Waals surface area (Å²) in [6, 6.07) is 0. The standard InChI is InChI=1S/C12H15N3O2S/c1-8-9(18-11-13-7-14-15(8)11)5-6-10(16)17-12(2,3)4/h5-7H,1-4H3/b6-5+. The monoisotopic (exact) mass is 265 g/mol. The van der Waals surface area contributed by atoms with E-state index in [4.69, 9.17) is 4.74 Å². The van der Waals surface area contributed by atoms with E-state index < -0.39 is 5.60 Å². The van der Waals surface area contributed by atoms with Crippen molar-refractivity contribution < 1.29 is 9.53 Å². The zero-order valence-electron chi connectivity index (χ0n) is 10.8. The second-order valence-corrected chi connectivity index (χ2v) is 5.88. The Labute approximate surface area is 109 Å². The Bertz CT molecular complexity index is 604.